The highest BCUT2D eigenvalue weighted by Crippen LogP contribution is 2.26. The lowest BCUT2D eigenvalue weighted by Gasteiger charge is -2.11. The van der Waals surface area contributed by atoms with Crippen LogP contribution in [0, 0.1) is 0 Å². The summed E-state index contributed by atoms with van der Waals surface area (Å²) >= 11 is 1.51. The Labute approximate surface area is 138 Å². The number of rotatable bonds is 6. The number of nitrogens with zero attached hydrogens (tertiary/aromatic N) is 3. The molecule has 2 aromatic rings. The highest BCUT2D eigenvalue weighted by Gasteiger charge is 2.24. The number of esters is 1. The second-order valence-corrected chi connectivity index (χ2v) is 6.09. The largest absolute Gasteiger partial charge is 0.497 e. The maximum atomic E-state index is 11.2. The first kappa shape index (κ1) is 15.8. The minimum absolute atomic E-state index is 0.0603. The van der Waals surface area contributed by atoms with Crippen LogP contribution in [0.3, 0.4) is 0 Å². The van der Waals surface area contributed by atoms with Crippen molar-refractivity contribution in [1.29, 1.82) is 0 Å². The molecular weight excluding hydrogens is 316 g/mol. The first-order chi connectivity index (χ1) is 11.2. The topological polar surface area (TPSA) is 92.3 Å². The van der Waals surface area contributed by atoms with Gasteiger partial charge in [0.1, 0.15) is 11.9 Å². The van der Waals surface area contributed by atoms with Crippen LogP contribution in [0.1, 0.15) is 18.7 Å². The molecule has 1 aliphatic rings. The number of thioether (sulfide) groups is 1. The van der Waals surface area contributed by atoms with E-state index < -0.39 is 0 Å². The van der Waals surface area contributed by atoms with E-state index in [2.05, 4.69) is 10.2 Å². The molecule has 0 aliphatic carbocycles. The second kappa shape index (κ2) is 7.01. The van der Waals surface area contributed by atoms with Crippen LogP contribution in [0.2, 0.25) is 0 Å². The predicted molar refractivity (Wildman–Crippen MR) is 85.6 cm³/mol. The number of carbonyl (C=O) groups is 1. The van der Waals surface area contributed by atoms with E-state index >= 15 is 0 Å². The highest BCUT2D eigenvalue weighted by molar-refractivity contribution is 7.99. The Balaban J connectivity index is 1.80. The summed E-state index contributed by atoms with van der Waals surface area (Å²) < 4.78 is 12.3. The van der Waals surface area contributed by atoms with E-state index in [1.54, 1.807) is 7.11 Å². The van der Waals surface area contributed by atoms with Gasteiger partial charge in [-0.2, -0.15) is 0 Å². The van der Waals surface area contributed by atoms with Crippen LogP contribution in [0.25, 0.3) is 5.69 Å². The van der Waals surface area contributed by atoms with Crippen molar-refractivity contribution in [3.8, 4) is 11.4 Å². The van der Waals surface area contributed by atoms with Crippen LogP contribution < -0.4 is 10.5 Å². The van der Waals surface area contributed by atoms with E-state index in [0.717, 1.165) is 23.0 Å². The molecule has 0 spiro atoms. The van der Waals surface area contributed by atoms with Gasteiger partial charge >= 0.3 is 5.97 Å². The highest BCUT2D eigenvalue weighted by atomic mass is 32.2. The van der Waals surface area contributed by atoms with Gasteiger partial charge in [-0.3, -0.25) is 9.36 Å². The fourth-order valence-corrected chi connectivity index (χ4v) is 3.39. The number of ether oxygens (including phenoxy) is 2. The molecule has 1 saturated heterocycles. The number of nitrogens with two attached hydrogens (primary N) is 1. The number of hydrogen-bond donors (Lipinski definition) is 1. The Morgan fingerprint density at radius 2 is 2.17 bits per heavy atom. The molecule has 1 aliphatic heterocycles. The monoisotopic (exact) mass is 334 g/mol. The SMILES string of the molecule is COc1ccc(-n2c(CN)nnc2SC[C@H]2CCC(=O)O2)cc1. The predicted octanol–water partition coefficient (Wildman–Crippen LogP) is 1.53. The maximum absolute atomic E-state index is 11.2. The van der Waals surface area contributed by atoms with Crippen LogP contribution in [-0.2, 0) is 16.1 Å². The molecule has 1 fully saturated rings. The summed E-state index contributed by atoms with van der Waals surface area (Å²) in [6.45, 7) is 0.290. The van der Waals surface area contributed by atoms with Gasteiger partial charge < -0.3 is 15.2 Å². The maximum Gasteiger partial charge on any atom is 0.306 e. The molecule has 3 rings (SSSR count). The molecule has 1 aromatic heterocycles. The average molecular weight is 334 g/mol. The van der Waals surface area contributed by atoms with Crippen molar-refractivity contribution in [2.24, 2.45) is 5.73 Å². The molecule has 1 atom stereocenters. The van der Waals surface area contributed by atoms with E-state index in [-0.39, 0.29) is 18.6 Å². The quantitative estimate of drug-likeness (QED) is 0.632. The second-order valence-electron chi connectivity index (χ2n) is 5.10. The number of aromatic nitrogens is 3. The van der Waals surface area contributed by atoms with Gasteiger partial charge in [0, 0.05) is 17.9 Å². The zero-order valence-electron chi connectivity index (χ0n) is 12.8. The van der Waals surface area contributed by atoms with Crippen LogP contribution >= 0.6 is 11.8 Å². The third kappa shape index (κ3) is 3.48. The van der Waals surface area contributed by atoms with Crippen molar-refractivity contribution >= 4 is 17.7 Å². The van der Waals surface area contributed by atoms with Crippen LogP contribution in [0.4, 0.5) is 0 Å². The standard InChI is InChI=1S/C15H18N4O3S/c1-21-11-4-2-10(3-5-11)19-13(8-16)17-18-15(19)23-9-12-6-7-14(20)22-12/h2-5,12H,6-9,16H2,1H3/t12-/m1/s1. The Morgan fingerprint density at radius 3 is 2.78 bits per heavy atom. The summed E-state index contributed by atoms with van der Waals surface area (Å²) in [5.41, 5.74) is 6.69. The molecule has 8 heteroatoms. The third-order valence-corrected chi connectivity index (χ3v) is 4.64. The van der Waals surface area contributed by atoms with E-state index in [9.17, 15) is 4.79 Å². The van der Waals surface area contributed by atoms with Gasteiger partial charge in [-0.15, -0.1) is 10.2 Å². The van der Waals surface area contributed by atoms with Gasteiger partial charge in [-0.25, -0.2) is 0 Å². The number of hydrogen-bond acceptors (Lipinski definition) is 7. The van der Waals surface area contributed by atoms with Crippen molar-refractivity contribution in [2.75, 3.05) is 12.9 Å². The van der Waals surface area contributed by atoms with Gasteiger partial charge in [-0.05, 0) is 30.7 Å². The molecule has 7 nitrogen and oxygen atoms in total. The lowest BCUT2D eigenvalue weighted by atomic mass is 10.3. The van der Waals surface area contributed by atoms with E-state index in [1.807, 2.05) is 28.8 Å². The first-order valence-electron chi connectivity index (χ1n) is 7.32. The van der Waals surface area contributed by atoms with Gasteiger partial charge in [0.05, 0.1) is 13.7 Å². The van der Waals surface area contributed by atoms with Crippen molar-refractivity contribution in [3.63, 3.8) is 0 Å². The molecule has 0 saturated carbocycles. The minimum Gasteiger partial charge on any atom is -0.497 e. The van der Waals surface area contributed by atoms with E-state index in [1.165, 1.54) is 11.8 Å². The molecule has 23 heavy (non-hydrogen) atoms. The Bertz CT molecular complexity index is 687. The Hall–Kier alpha value is -2.06. The molecule has 0 amide bonds. The third-order valence-electron chi connectivity index (χ3n) is 3.58. The van der Waals surface area contributed by atoms with Crippen molar-refractivity contribution < 1.29 is 14.3 Å². The van der Waals surface area contributed by atoms with Gasteiger partial charge in [0.2, 0.25) is 0 Å². The molecule has 2 N–H and O–H groups in total. The normalized spacial score (nSPS) is 17.3. The summed E-state index contributed by atoms with van der Waals surface area (Å²) in [5, 5.41) is 9.09. The Kier molecular flexibility index (Phi) is 4.82. The number of benzene rings is 1. The lowest BCUT2D eigenvalue weighted by Crippen LogP contribution is -2.11. The molecule has 122 valence electrons. The Morgan fingerprint density at radius 1 is 1.39 bits per heavy atom. The van der Waals surface area contributed by atoms with Crippen molar-refractivity contribution in [1.82, 2.24) is 14.8 Å². The summed E-state index contributed by atoms with van der Waals surface area (Å²) in [7, 11) is 1.63. The molecule has 0 bridgehead atoms. The number of cyclic esters (lactones) is 1. The summed E-state index contributed by atoms with van der Waals surface area (Å²) in [6.07, 6.45) is 1.19. The van der Waals surface area contributed by atoms with Crippen LogP contribution in [0.5, 0.6) is 5.75 Å². The van der Waals surface area contributed by atoms with Gasteiger partial charge in [0.25, 0.3) is 0 Å². The minimum atomic E-state index is -0.130. The summed E-state index contributed by atoms with van der Waals surface area (Å²) in [6, 6.07) is 7.62. The summed E-state index contributed by atoms with van der Waals surface area (Å²) in [4.78, 5) is 11.2. The first-order valence-corrected chi connectivity index (χ1v) is 8.31. The van der Waals surface area contributed by atoms with Gasteiger partial charge in [0.15, 0.2) is 11.0 Å². The van der Waals surface area contributed by atoms with Gasteiger partial charge in [-0.1, -0.05) is 11.8 Å². The van der Waals surface area contributed by atoms with Crippen molar-refractivity contribution in [2.45, 2.75) is 30.6 Å². The van der Waals surface area contributed by atoms with Crippen LogP contribution in [0.15, 0.2) is 29.4 Å². The summed E-state index contributed by atoms with van der Waals surface area (Å²) in [5.74, 6) is 1.99. The smallest absolute Gasteiger partial charge is 0.306 e. The zero-order valence-corrected chi connectivity index (χ0v) is 13.6. The fourth-order valence-electron chi connectivity index (χ4n) is 2.38. The van der Waals surface area contributed by atoms with E-state index in [0.29, 0.717) is 18.0 Å². The molecule has 0 radical (unpaired) electrons. The molecule has 0 unspecified atom stereocenters. The number of carbonyl (C=O) groups excluding carboxylic acids is 1. The zero-order chi connectivity index (χ0) is 16.2. The van der Waals surface area contributed by atoms with Crippen molar-refractivity contribution in [3.05, 3.63) is 30.1 Å². The molecule has 2 heterocycles. The number of methoxy groups -OCH3 is 1. The average Bonchev–Trinajstić information content (AvgIpc) is 3.18. The molecular formula is C15H18N4O3S. The molecule has 1 aromatic carbocycles. The van der Waals surface area contributed by atoms with E-state index in [4.69, 9.17) is 15.2 Å². The lowest BCUT2D eigenvalue weighted by molar-refractivity contribution is -0.140. The fraction of sp³-hybridized carbons (Fsp3) is 0.400. The van der Waals surface area contributed by atoms with Crippen LogP contribution in [-0.4, -0.2) is 39.7 Å².